The van der Waals surface area contributed by atoms with Gasteiger partial charge in [-0.25, -0.2) is 4.98 Å². The van der Waals surface area contributed by atoms with Crippen LogP contribution in [-0.4, -0.2) is 71.2 Å². The molecule has 10 heteroatoms. The van der Waals surface area contributed by atoms with Crippen molar-refractivity contribution in [3.05, 3.63) is 24.0 Å². The van der Waals surface area contributed by atoms with Crippen molar-refractivity contribution in [3.63, 3.8) is 0 Å². The van der Waals surface area contributed by atoms with Crippen LogP contribution in [0.2, 0.25) is 0 Å². The van der Waals surface area contributed by atoms with Crippen LogP contribution in [0.25, 0.3) is 11.0 Å². The first kappa shape index (κ1) is 21.4. The molecule has 2 aliphatic rings. The van der Waals surface area contributed by atoms with E-state index >= 15 is 0 Å². The number of anilines is 1. The molecule has 7 nitrogen and oxygen atoms in total. The zero-order valence-corrected chi connectivity index (χ0v) is 17.3. The Kier molecular flexibility index (Phi) is 5.79. The fourth-order valence-electron chi connectivity index (χ4n) is 4.85. The SMILES string of the molecule is CN(CC#N)C[C@H]1CC[C@H](N2CN(CC(F)(F)F)C(=O)c3cnc4[nH]ccc4c32)CC1. The fourth-order valence-corrected chi connectivity index (χ4v) is 4.85. The van der Waals surface area contributed by atoms with Crippen molar-refractivity contribution in [3.8, 4) is 6.07 Å². The summed E-state index contributed by atoms with van der Waals surface area (Å²) in [4.78, 5) is 24.9. The summed E-state index contributed by atoms with van der Waals surface area (Å²) in [5.74, 6) is -0.178. The molecular weight excluding hydrogens is 409 g/mol. The van der Waals surface area contributed by atoms with Gasteiger partial charge < -0.3 is 14.8 Å². The standard InChI is InChI=1S/C21H25F3N6O/c1-28(9-7-25)11-14-2-4-15(5-3-14)30-13-29(12-21(22,23)24)20(31)17-10-27-19-16(18(17)30)6-8-26-19/h6,8,10,14-15H,2-5,9,11-13H2,1H3,(H,26,27)/t14-,15-. The average molecular weight is 434 g/mol. The van der Waals surface area contributed by atoms with Crippen LogP contribution in [0, 0.1) is 17.2 Å². The van der Waals surface area contributed by atoms with E-state index in [0.29, 0.717) is 23.8 Å². The van der Waals surface area contributed by atoms with Crippen molar-refractivity contribution >= 4 is 22.6 Å². The number of aromatic nitrogens is 2. The molecule has 1 saturated carbocycles. The normalized spacial score (nSPS) is 22.1. The van der Waals surface area contributed by atoms with Crippen LogP contribution in [0.1, 0.15) is 36.0 Å². The first-order chi connectivity index (χ1) is 14.8. The van der Waals surface area contributed by atoms with Crippen LogP contribution in [0.5, 0.6) is 0 Å². The second kappa shape index (κ2) is 8.38. The largest absolute Gasteiger partial charge is 0.406 e. The molecule has 31 heavy (non-hydrogen) atoms. The van der Waals surface area contributed by atoms with Gasteiger partial charge in [0, 0.05) is 30.4 Å². The van der Waals surface area contributed by atoms with Gasteiger partial charge in [-0.15, -0.1) is 0 Å². The maximum atomic E-state index is 13.1. The molecule has 0 radical (unpaired) electrons. The Labute approximate surface area is 178 Å². The monoisotopic (exact) mass is 434 g/mol. The van der Waals surface area contributed by atoms with E-state index in [-0.39, 0.29) is 18.3 Å². The first-order valence-electron chi connectivity index (χ1n) is 10.4. The number of halogens is 3. The average Bonchev–Trinajstić information content (AvgIpc) is 3.19. The number of carbonyl (C=O) groups excluding carboxylic acids is 1. The van der Waals surface area contributed by atoms with E-state index in [1.807, 2.05) is 22.9 Å². The van der Waals surface area contributed by atoms with Gasteiger partial charge in [-0.3, -0.25) is 9.69 Å². The second-order valence-electron chi connectivity index (χ2n) is 8.52. The number of aromatic amines is 1. The van der Waals surface area contributed by atoms with Crippen molar-refractivity contribution in [2.24, 2.45) is 5.92 Å². The van der Waals surface area contributed by atoms with Crippen LogP contribution in [-0.2, 0) is 0 Å². The Hall–Kier alpha value is -2.80. The molecule has 166 valence electrons. The third-order valence-corrected chi connectivity index (χ3v) is 6.22. The number of amides is 1. The summed E-state index contributed by atoms with van der Waals surface area (Å²) in [5.41, 5.74) is 1.52. The van der Waals surface area contributed by atoms with E-state index in [9.17, 15) is 18.0 Å². The number of nitrogens with zero attached hydrogens (tertiary/aromatic N) is 5. The van der Waals surface area contributed by atoms with E-state index in [2.05, 4.69) is 16.0 Å². The van der Waals surface area contributed by atoms with Gasteiger partial charge in [0.25, 0.3) is 5.91 Å². The minimum Gasteiger partial charge on any atom is -0.349 e. The van der Waals surface area contributed by atoms with Gasteiger partial charge >= 0.3 is 6.18 Å². The molecule has 0 atom stereocenters. The van der Waals surface area contributed by atoms with Gasteiger partial charge in [0.1, 0.15) is 12.2 Å². The van der Waals surface area contributed by atoms with Crippen molar-refractivity contribution in [2.45, 2.75) is 37.9 Å². The Balaban J connectivity index is 1.59. The lowest BCUT2D eigenvalue weighted by atomic mass is 9.84. The molecule has 0 bridgehead atoms. The number of carbonyl (C=O) groups is 1. The van der Waals surface area contributed by atoms with Crippen molar-refractivity contribution in [1.82, 2.24) is 19.8 Å². The van der Waals surface area contributed by atoms with Gasteiger partial charge in [-0.2, -0.15) is 18.4 Å². The Morgan fingerprint density at radius 1 is 1.32 bits per heavy atom. The molecule has 1 aliphatic heterocycles. The minimum atomic E-state index is -4.46. The number of nitriles is 1. The van der Waals surface area contributed by atoms with Crippen LogP contribution in [0.4, 0.5) is 18.9 Å². The zero-order chi connectivity index (χ0) is 22.2. The lowest BCUT2D eigenvalue weighted by Gasteiger charge is -2.45. The molecule has 0 saturated heterocycles. The van der Waals surface area contributed by atoms with Crippen molar-refractivity contribution in [2.75, 3.05) is 38.3 Å². The number of nitrogens with one attached hydrogen (secondary N) is 1. The predicted octanol–water partition coefficient (Wildman–Crippen LogP) is 3.36. The highest BCUT2D eigenvalue weighted by Gasteiger charge is 2.41. The quantitative estimate of drug-likeness (QED) is 0.730. The Morgan fingerprint density at radius 3 is 2.74 bits per heavy atom. The number of alkyl halides is 3. The van der Waals surface area contributed by atoms with Gasteiger partial charge in [-0.1, -0.05) is 0 Å². The molecule has 0 spiro atoms. The second-order valence-corrected chi connectivity index (χ2v) is 8.52. The highest BCUT2D eigenvalue weighted by atomic mass is 19.4. The lowest BCUT2D eigenvalue weighted by molar-refractivity contribution is -0.141. The fraction of sp³-hybridized carbons (Fsp3) is 0.571. The molecule has 1 aliphatic carbocycles. The molecule has 0 unspecified atom stereocenters. The van der Waals surface area contributed by atoms with E-state index in [1.54, 1.807) is 6.20 Å². The van der Waals surface area contributed by atoms with E-state index in [1.165, 1.54) is 6.20 Å². The minimum absolute atomic E-state index is 0.0422. The number of pyridine rings is 1. The number of rotatable bonds is 5. The zero-order valence-electron chi connectivity index (χ0n) is 17.3. The van der Waals surface area contributed by atoms with Gasteiger partial charge in [0.2, 0.25) is 0 Å². The summed E-state index contributed by atoms with van der Waals surface area (Å²) in [7, 11) is 1.92. The third kappa shape index (κ3) is 4.46. The molecule has 1 fully saturated rings. The number of hydrogen-bond donors (Lipinski definition) is 1. The van der Waals surface area contributed by atoms with E-state index in [4.69, 9.17) is 5.26 Å². The van der Waals surface area contributed by atoms with Gasteiger partial charge in [0.05, 0.1) is 30.5 Å². The summed E-state index contributed by atoms with van der Waals surface area (Å²) in [6, 6.07) is 4.02. The summed E-state index contributed by atoms with van der Waals surface area (Å²) in [6.45, 7) is -0.144. The van der Waals surface area contributed by atoms with Crippen LogP contribution >= 0.6 is 0 Å². The van der Waals surface area contributed by atoms with E-state index in [0.717, 1.165) is 42.5 Å². The molecule has 1 N–H and O–H groups in total. The molecule has 4 rings (SSSR count). The molecule has 0 aromatic carbocycles. The summed E-state index contributed by atoms with van der Waals surface area (Å²) >= 11 is 0. The third-order valence-electron chi connectivity index (χ3n) is 6.22. The lowest BCUT2D eigenvalue weighted by Crippen LogP contribution is -2.54. The highest BCUT2D eigenvalue weighted by molar-refractivity contribution is 6.08. The van der Waals surface area contributed by atoms with Crippen LogP contribution in [0.3, 0.4) is 0 Å². The maximum Gasteiger partial charge on any atom is 0.406 e. The Bertz CT molecular complexity index is 989. The molecular formula is C21H25F3N6O. The summed E-state index contributed by atoms with van der Waals surface area (Å²) < 4.78 is 39.4. The predicted molar refractivity (Wildman–Crippen MR) is 109 cm³/mol. The van der Waals surface area contributed by atoms with Crippen LogP contribution < -0.4 is 4.90 Å². The first-order valence-corrected chi connectivity index (χ1v) is 10.4. The van der Waals surface area contributed by atoms with Crippen molar-refractivity contribution < 1.29 is 18.0 Å². The topological polar surface area (TPSA) is 79.3 Å². The number of H-pyrrole nitrogens is 1. The summed E-state index contributed by atoms with van der Waals surface area (Å²) in [6.07, 6.45) is 2.16. The van der Waals surface area contributed by atoms with Gasteiger partial charge in [0.15, 0.2) is 0 Å². The van der Waals surface area contributed by atoms with E-state index < -0.39 is 18.6 Å². The molecule has 2 aromatic rings. The smallest absolute Gasteiger partial charge is 0.349 e. The Morgan fingerprint density at radius 2 is 2.06 bits per heavy atom. The van der Waals surface area contributed by atoms with Gasteiger partial charge in [-0.05, 0) is 44.7 Å². The van der Waals surface area contributed by atoms with Crippen LogP contribution in [0.15, 0.2) is 18.5 Å². The molecule has 2 aromatic heterocycles. The van der Waals surface area contributed by atoms with Crippen molar-refractivity contribution in [1.29, 1.82) is 5.26 Å². The number of hydrogen-bond acceptors (Lipinski definition) is 5. The number of fused-ring (bicyclic) bond motifs is 3. The highest BCUT2D eigenvalue weighted by Crippen LogP contribution is 2.39. The molecule has 1 amide bonds. The summed E-state index contributed by atoms with van der Waals surface area (Å²) in [5, 5.41) is 9.61. The maximum absolute atomic E-state index is 13.1. The molecule has 3 heterocycles.